The molecule has 0 aromatic heterocycles. The third-order valence-corrected chi connectivity index (χ3v) is 6.41. The number of amides is 2. The van der Waals surface area contributed by atoms with Gasteiger partial charge in [0.25, 0.3) is 0 Å². The summed E-state index contributed by atoms with van der Waals surface area (Å²) in [6.07, 6.45) is 3.72. The highest BCUT2D eigenvalue weighted by molar-refractivity contribution is 6.00. The molecule has 0 aliphatic carbocycles. The molecule has 6 heteroatoms. The Hall–Kier alpha value is -2.37. The van der Waals surface area contributed by atoms with Crippen molar-refractivity contribution < 1.29 is 19.1 Å². The lowest BCUT2D eigenvalue weighted by molar-refractivity contribution is -0.144. The Kier molecular flexibility index (Phi) is 4.89. The Morgan fingerprint density at radius 3 is 2.64 bits per heavy atom. The van der Waals surface area contributed by atoms with Crippen LogP contribution in [0, 0.1) is 6.92 Å². The van der Waals surface area contributed by atoms with E-state index in [4.69, 9.17) is 4.74 Å². The van der Waals surface area contributed by atoms with E-state index < -0.39 is 11.6 Å². The van der Waals surface area contributed by atoms with Crippen LogP contribution in [0.15, 0.2) is 18.2 Å². The number of carbonyl (C=O) groups is 3. The molecule has 1 aromatic carbocycles. The molecule has 1 aromatic rings. The maximum Gasteiger partial charge on any atom is 0.245 e. The van der Waals surface area contributed by atoms with E-state index in [2.05, 4.69) is 0 Å². The SMILES string of the molecule is Cc1ccc2c(c1)C(=O)C[C@]1(CCC(=O)N([C@@H](C)C(=O)N3CCCC3)CC1)O2. The van der Waals surface area contributed by atoms with E-state index in [0.717, 1.165) is 31.5 Å². The molecule has 2 amide bonds. The number of ketones is 1. The number of aryl methyl sites for hydroxylation is 1. The van der Waals surface area contributed by atoms with E-state index >= 15 is 0 Å². The van der Waals surface area contributed by atoms with Gasteiger partial charge >= 0.3 is 0 Å². The van der Waals surface area contributed by atoms with Crippen molar-refractivity contribution in [2.75, 3.05) is 19.6 Å². The number of hydrogen-bond acceptors (Lipinski definition) is 4. The van der Waals surface area contributed by atoms with Gasteiger partial charge in [-0.25, -0.2) is 0 Å². The second-order valence-electron chi connectivity index (χ2n) is 8.43. The average Bonchev–Trinajstić information content (AvgIpc) is 3.16. The Labute approximate surface area is 165 Å². The van der Waals surface area contributed by atoms with E-state index in [9.17, 15) is 14.4 Å². The molecule has 0 bridgehead atoms. The van der Waals surface area contributed by atoms with E-state index in [-0.39, 0.29) is 17.6 Å². The van der Waals surface area contributed by atoms with E-state index in [1.165, 1.54) is 0 Å². The fourth-order valence-corrected chi connectivity index (χ4v) is 4.68. The number of carbonyl (C=O) groups excluding carboxylic acids is 3. The van der Waals surface area contributed by atoms with Gasteiger partial charge in [0, 0.05) is 32.5 Å². The van der Waals surface area contributed by atoms with Crippen molar-refractivity contribution in [1.29, 1.82) is 0 Å². The van der Waals surface area contributed by atoms with Crippen molar-refractivity contribution in [2.24, 2.45) is 0 Å². The molecule has 0 N–H and O–H groups in total. The third kappa shape index (κ3) is 3.40. The number of nitrogens with zero attached hydrogens (tertiary/aromatic N) is 2. The predicted octanol–water partition coefficient (Wildman–Crippen LogP) is 2.72. The summed E-state index contributed by atoms with van der Waals surface area (Å²) in [5.41, 5.74) is 1.01. The topological polar surface area (TPSA) is 66.9 Å². The molecule has 2 fully saturated rings. The van der Waals surface area contributed by atoms with Crippen LogP contribution < -0.4 is 4.74 Å². The summed E-state index contributed by atoms with van der Waals surface area (Å²) in [5.74, 6) is 0.696. The first kappa shape index (κ1) is 19.0. The van der Waals surface area contributed by atoms with Crippen molar-refractivity contribution in [3.8, 4) is 5.75 Å². The monoisotopic (exact) mass is 384 g/mol. The zero-order valence-corrected chi connectivity index (χ0v) is 16.7. The lowest BCUT2D eigenvalue weighted by Crippen LogP contribution is -2.49. The highest BCUT2D eigenvalue weighted by Crippen LogP contribution is 2.40. The van der Waals surface area contributed by atoms with Gasteiger partial charge in [-0.15, -0.1) is 0 Å². The Morgan fingerprint density at radius 2 is 1.89 bits per heavy atom. The highest BCUT2D eigenvalue weighted by Gasteiger charge is 2.44. The van der Waals surface area contributed by atoms with Gasteiger partial charge in [0.15, 0.2) is 5.78 Å². The molecular weight excluding hydrogens is 356 g/mol. The smallest absolute Gasteiger partial charge is 0.245 e. The van der Waals surface area contributed by atoms with Gasteiger partial charge < -0.3 is 14.5 Å². The molecule has 2 atom stereocenters. The summed E-state index contributed by atoms with van der Waals surface area (Å²) in [6.45, 7) is 5.78. The Morgan fingerprint density at radius 1 is 1.14 bits per heavy atom. The Bertz CT molecular complexity index is 815. The molecule has 0 saturated carbocycles. The molecule has 1 spiro atoms. The normalized spacial score (nSPS) is 26.1. The van der Waals surface area contributed by atoms with Crippen LogP contribution in [0.4, 0.5) is 0 Å². The predicted molar refractivity (Wildman–Crippen MR) is 104 cm³/mol. The van der Waals surface area contributed by atoms with Gasteiger partial charge in [-0.05, 0) is 45.2 Å². The number of Topliss-reactive ketones (excluding diaryl/α,β-unsaturated/α-hetero) is 1. The largest absolute Gasteiger partial charge is 0.486 e. The summed E-state index contributed by atoms with van der Waals surface area (Å²) in [7, 11) is 0. The molecular formula is C22H28N2O4. The summed E-state index contributed by atoms with van der Waals surface area (Å²) in [4.78, 5) is 41.9. The number of benzene rings is 1. The molecule has 2 saturated heterocycles. The van der Waals surface area contributed by atoms with Gasteiger partial charge in [-0.2, -0.15) is 0 Å². The number of ether oxygens (including phenoxy) is 1. The van der Waals surface area contributed by atoms with Crippen molar-refractivity contribution in [1.82, 2.24) is 9.80 Å². The number of likely N-dealkylation sites (tertiary alicyclic amines) is 2. The van der Waals surface area contributed by atoms with Gasteiger partial charge in [-0.3, -0.25) is 14.4 Å². The van der Waals surface area contributed by atoms with E-state index in [0.29, 0.717) is 43.5 Å². The second-order valence-corrected chi connectivity index (χ2v) is 8.43. The molecule has 6 nitrogen and oxygen atoms in total. The van der Waals surface area contributed by atoms with Crippen LogP contribution in [0.2, 0.25) is 0 Å². The maximum absolute atomic E-state index is 12.8. The van der Waals surface area contributed by atoms with Crippen molar-refractivity contribution in [3.05, 3.63) is 29.3 Å². The zero-order valence-electron chi connectivity index (χ0n) is 16.7. The lowest BCUT2D eigenvalue weighted by atomic mass is 9.84. The van der Waals surface area contributed by atoms with Crippen LogP contribution in [0.5, 0.6) is 5.75 Å². The van der Waals surface area contributed by atoms with Crippen molar-refractivity contribution in [2.45, 2.75) is 64.0 Å². The first-order valence-corrected chi connectivity index (χ1v) is 10.3. The minimum Gasteiger partial charge on any atom is -0.486 e. The van der Waals surface area contributed by atoms with Crippen LogP contribution in [0.25, 0.3) is 0 Å². The zero-order chi connectivity index (χ0) is 19.9. The molecule has 3 heterocycles. The van der Waals surface area contributed by atoms with Gasteiger partial charge in [0.05, 0.1) is 12.0 Å². The van der Waals surface area contributed by atoms with Crippen LogP contribution in [-0.2, 0) is 9.59 Å². The van der Waals surface area contributed by atoms with E-state index in [1.807, 2.05) is 36.9 Å². The number of fused-ring (bicyclic) bond motifs is 1. The maximum atomic E-state index is 12.8. The molecule has 28 heavy (non-hydrogen) atoms. The minimum absolute atomic E-state index is 0.0253. The van der Waals surface area contributed by atoms with Crippen molar-refractivity contribution >= 4 is 17.6 Å². The quantitative estimate of drug-likeness (QED) is 0.786. The number of hydrogen-bond donors (Lipinski definition) is 0. The van der Waals surface area contributed by atoms with E-state index in [1.54, 1.807) is 4.90 Å². The standard InChI is InChI=1S/C22H28N2O4/c1-15-5-6-19-17(13-15)18(25)14-22(28-19)8-7-20(26)24(12-9-22)16(2)21(27)23-10-3-4-11-23/h5-6,13,16H,3-4,7-12,14H2,1-2H3/t16-,22+/m0/s1. The van der Waals surface area contributed by atoms with Gasteiger partial charge in [0.2, 0.25) is 11.8 Å². The Balaban J connectivity index is 1.51. The van der Waals surface area contributed by atoms with Crippen LogP contribution in [0.3, 0.4) is 0 Å². The average molecular weight is 384 g/mol. The molecule has 3 aliphatic rings. The third-order valence-electron chi connectivity index (χ3n) is 6.41. The molecule has 3 aliphatic heterocycles. The fourth-order valence-electron chi connectivity index (χ4n) is 4.68. The summed E-state index contributed by atoms with van der Waals surface area (Å²) >= 11 is 0. The van der Waals surface area contributed by atoms with Crippen LogP contribution >= 0.6 is 0 Å². The van der Waals surface area contributed by atoms with Crippen LogP contribution in [-0.4, -0.2) is 58.7 Å². The lowest BCUT2D eigenvalue weighted by Gasteiger charge is -2.37. The van der Waals surface area contributed by atoms with Crippen LogP contribution in [0.1, 0.15) is 61.4 Å². The first-order chi connectivity index (χ1) is 13.4. The fraction of sp³-hybridized carbons (Fsp3) is 0.591. The van der Waals surface area contributed by atoms with Gasteiger partial charge in [-0.1, -0.05) is 11.6 Å². The van der Waals surface area contributed by atoms with Gasteiger partial charge in [0.1, 0.15) is 17.4 Å². The molecule has 4 rings (SSSR count). The number of rotatable bonds is 2. The summed E-state index contributed by atoms with van der Waals surface area (Å²) in [5, 5.41) is 0. The molecule has 0 unspecified atom stereocenters. The second kappa shape index (κ2) is 7.22. The highest BCUT2D eigenvalue weighted by atomic mass is 16.5. The summed E-state index contributed by atoms with van der Waals surface area (Å²) in [6, 6.07) is 5.20. The summed E-state index contributed by atoms with van der Waals surface area (Å²) < 4.78 is 6.31. The molecule has 150 valence electrons. The minimum atomic E-state index is -0.653. The van der Waals surface area contributed by atoms with Crippen molar-refractivity contribution in [3.63, 3.8) is 0 Å². The first-order valence-electron chi connectivity index (χ1n) is 10.3. The molecule has 0 radical (unpaired) electrons.